The molecule has 10 heteroatoms. The van der Waals surface area contributed by atoms with Crippen LogP contribution >= 0.6 is 0 Å². The molecule has 4 rings (SSSR count). The van der Waals surface area contributed by atoms with Crippen molar-refractivity contribution in [1.82, 2.24) is 30.0 Å². The summed E-state index contributed by atoms with van der Waals surface area (Å²) in [4.78, 5) is 20.9. The zero-order valence-corrected chi connectivity index (χ0v) is 18.4. The SMILES string of the molecule is CNCc1ccc(-c2nnc(-c3nc(-c4ccc(=O)n(C(C)C)c4)cnc3N)o2)c(C#N)c1. The second-order valence-corrected chi connectivity index (χ2v) is 7.68. The summed E-state index contributed by atoms with van der Waals surface area (Å²) in [5, 5.41) is 20.8. The second kappa shape index (κ2) is 9.02. The Morgan fingerprint density at radius 3 is 2.73 bits per heavy atom. The number of benzene rings is 1. The van der Waals surface area contributed by atoms with E-state index in [1.54, 1.807) is 29.0 Å². The van der Waals surface area contributed by atoms with Gasteiger partial charge < -0.3 is 20.0 Å². The summed E-state index contributed by atoms with van der Waals surface area (Å²) < 4.78 is 7.43. The lowest BCUT2D eigenvalue weighted by atomic mass is 10.0. The van der Waals surface area contributed by atoms with Crippen molar-refractivity contribution in [3.05, 3.63) is 64.2 Å². The molecule has 10 nitrogen and oxygen atoms in total. The van der Waals surface area contributed by atoms with Crippen LogP contribution in [0.4, 0.5) is 5.82 Å². The van der Waals surface area contributed by atoms with Gasteiger partial charge in [0, 0.05) is 30.4 Å². The minimum atomic E-state index is -0.104. The number of aromatic nitrogens is 5. The van der Waals surface area contributed by atoms with E-state index in [1.165, 1.54) is 12.3 Å². The monoisotopic (exact) mass is 442 g/mol. The lowest BCUT2D eigenvalue weighted by Gasteiger charge is -2.11. The number of hydrogen-bond donors (Lipinski definition) is 2. The maximum atomic E-state index is 12.1. The number of hydrogen-bond acceptors (Lipinski definition) is 9. The highest BCUT2D eigenvalue weighted by molar-refractivity contribution is 5.69. The van der Waals surface area contributed by atoms with E-state index in [4.69, 9.17) is 10.2 Å². The Bertz CT molecular complexity index is 1410. The van der Waals surface area contributed by atoms with Crippen LogP contribution < -0.4 is 16.6 Å². The van der Waals surface area contributed by atoms with Gasteiger partial charge in [0.2, 0.25) is 5.89 Å². The van der Waals surface area contributed by atoms with Crippen LogP contribution in [-0.4, -0.2) is 31.8 Å². The minimum Gasteiger partial charge on any atom is -0.414 e. The number of nitrogens with one attached hydrogen (secondary N) is 1. The third-order valence-electron chi connectivity index (χ3n) is 5.03. The first-order valence-electron chi connectivity index (χ1n) is 10.3. The van der Waals surface area contributed by atoms with Crippen molar-refractivity contribution in [2.45, 2.75) is 26.4 Å². The van der Waals surface area contributed by atoms with Crippen molar-refractivity contribution in [3.63, 3.8) is 0 Å². The molecule has 3 heterocycles. The summed E-state index contributed by atoms with van der Waals surface area (Å²) in [5.74, 6) is 0.380. The summed E-state index contributed by atoms with van der Waals surface area (Å²) in [6.45, 7) is 4.48. The summed E-state index contributed by atoms with van der Waals surface area (Å²) in [6.07, 6.45) is 3.25. The molecule has 0 aliphatic rings. The minimum absolute atomic E-state index is 0.00835. The Labute approximate surface area is 189 Å². The van der Waals surface area contributed by atoms with Gasteiger partial charge in [-0.25, -0.2) is 9.97 Å². The second-order valence-electron chi connectivity index (χ2n) is 7.68. The zero-order valence-electron chi connectivity index (χ0n) is 18.4. The van der Waals surface area contributed by atoms with E-state index in [0.29, 0.717) is 28.9 Å². The molecule has 33 heavy (non-hydrogen) atoms. The van der Waals surface area contributed by atoms with Crippen LogP contribution in [0.1, 0.15) is 31.0 Å². The molecule has 3 aromatic heterocycles. The zero-order chi connectivity index (χ0) is 23.5. The molecule has 1 aromatic carbocycles. The molecule has 0 radical (unpaired) electrons. The largest absolute Gasteiger partial charge is 0.414 e. The molecule has 0 aliphatic carbocycles. The maximum absolute atomic E-state index is 12.1. The van der Waals surface area contributed by atoms with Gasteiger partial charge in [0.25, 0.3) is 11.4 Å². The van der Waals surface area contributed by atoms with Crippen molar-refractivity contribution in [1.29, 1.82) is 5.26 Å². The smallest absolute Gasteiger partial charge is 0.270 e. The highest BCUT2D eigenvalue weighted by Gasteiger charge is 2.19. The van der Waals surface area contributed by atoms with E-state index < -0.39 is 0 Å². The lowest BCUT2D eigenvalue weighted by molar-refractivity contribution is 0.578. The molecule has 0 atom stereocenters. The number of anilines is 1. The van der Waals surface area contributed by atoms with Crippen LogP contribution in [0, 0.1) is 11.3 Å². The first kappa shape index (κ1) is 21.9. The Morgan fingerprint density at radius 2 is 2.00 bits per heavy atom. The summed E-state index contributed by atoms with van der Waals surface area (Å²) >= 11 is 0. The Kier molecular flexibility index (Phi) is 5.97. The molecule has 0 amide bonds. The van der Waals surface area contributed by atoms with Crippen LogP contribution in [0.2, 0.25) is 0 Å². The summed E-state index contributed by atoms with van der Waals surface area (Å²) in [7, 11) is 1.83. The fourth-order valence-electron chi connectivity index (χ4n) is 3.37. The number of rotatable bonds is 6. The third-order valence-corrected chi connectivity index (χ3v) is 5.03. The average molecular weight is 442 g/mol. The van der Waals surface area contributed by atoms with E-state index in [2.05, 4.69) is 31.6 Å². The normalized spacial score (nSPS) is 11.0. The van der Waals surface area contributed by atoms with Crippen molar-refractivity contribution in [2.75, 3.05) is 12.8 Å². The van der Waals surface area contributed by atoms with Gasteiger partial charge in [-0.3, -0.25) is 4.79 Å². The van der Waals surface area contributed by atoms with Gasteiger partial charge in [0.1, 0.15) is 0 Å². The van der Waals surface area contributed by atoms with E-state index >= 15 is 0 Å². The first-order chi connectivity index (χ1) is 15.9. The molecular formula is C23H22N8O2. The quantitative estimate of drug-likeness (QED) is 0.459. The van der Waals surface area contributed by atoms with Gasteiger partial charge in [0.15, 0.2) is 11.5 Å². The third kappa shape index (κ3) is 4.35. The highest BCUT2D eigenvalue weighted by atomic mass is 16.4. The van der Waals surface area contributed by atoms with Crippen LogP contribution in [0.25, 0.3) is 34.3 Å². The van der Waals surface area contributed by atoms with Crippen LogP contribution in [0.3, 0.4) is 0 Å². The standard InChI is InChI=1S/C23H22N8O2/c1-13(2)31-12-15(5-7-19(31)32)18-11-27-21(25)20(28-18)23-30-29-22(33-23)17-6-4-14(10-26-3)8-16(17)9-24/h4-8,11-13,26H,10H2,1-3H3,(H2,25,27). The molecule has 0 saturated carbocycles. The van der Waals surface area contributed by atoms with Crippen molar-refractivity contribution in [2.24, 2.45) is 0 Å². The Balaban J connectivity index is 1.73. The molecule has 0 unspecified atom stereocenters. The van der Waals surface area contributed by atoms with Gasteiger partial charge in [-0.1, -0.05) is 6.07 Å². The predicted molar refractivity (Wildman–Crippen MR) is 123 cm³/mol. The number of nitrogens with two attached hydrogens (primary N) is 1. The molecule has 0 spiro atoms. The number of nitriles is 1. The summed E-state index contributed by atoms with van der Waals surface area (Å²) in [5.41, 5.74) is 9.26. The van der Waals surface area contributed by atoms with Gasteiger partial charge in [-0.05, 0) is 44.7 Å². The predicted octanol–water partition coefficient (Wildman–Crippen LogP) is 2.78. The molecule has 0 saturated heterocycles. The molecule has 4 aromatic rings. The van der Waals surface area contributed by atoms with E-state index in [1.807, 2.05) is 27.0 Å². The van der Waals surface area contributed by atoms with E-state index in [0.717, 1.165) is 5.56 Å². The lowest BCUT2D eigenvalue weighted by Crippen LogP contribution is -2.20. The van der Waals surface area contributed by atoms with Gasteiger partial charge in [-0.2, -0.15) is 5.26 Å². The van der Waals surface area contributed by atoms with E-state index in [9.17, 15) is 10.1 Å². The molecule has 166 valence electrons. The molecule has 3 N–H and O–H groups in total. The van der Waals surface area contributed by atoms with Crippen LogP contribution in [0.5, 0.6) is 0 Å². The molecule has 0 bridgehead atoms. The molecular weight excluding hydrogens is 420 g/mol. The van der Waals surface area contributed by atoms with Crippen molar-refractivity contribution < 1.29 is 4.42 Å². The average Bonchev–Trinajstić information content (AvgIpc) is 3.29. The van der Waals surface area contributed by atoms with Crippen LogP contribution in [-0.2, 0) is 6.54 Å². The fourth-order valence-corrected chi connectivity index (χ4v) is 3.37. The highest BCUT2D eigenvalue weighted by Crippen LogP contribution is 2.29. The van der Waals surface area contributed by atoms with Crippen molar-refractivity contribution >= 4 is 5.82 Å². The Hall–Kier alpha value is -4.36. The Morgan fingerprint density at radius 1 is 1.21 bits per heavy atom. The summed E-state index contributed by atoms with van der Waals surface area (Å²) in [6, 6.07) is 10.7. The molecule has 0 aliphatic heterocycles. The van der Waals surface area contributed by atoms with Crippen LogP contribution in [0.15, 0.2) is 51.9 Å². The molecule has 0 fully saturated rings. The number of nitrogens with zero attached hydrogens (tertiary/aromatic N) is 6. The van der Waals surface area contributed by atoms with E-state index in [-0.39, 0.29) is 34.9 Å². The maximum Gasteiger partial charge on any atom is 0.270 e. The van der Waals surface area contributed by atoms with Crippen molar-refractivity contribution in [3.8, 4) is 40.4 Å². The number of nitrogen functional groups attached to an aromatic ring is 1. The number of pyridine rings is 1. The fraction of sp³-hybridized carbons (Fsp3) is 0.217. The topological polar surface area (TPSA) is 149 Å². The van der Waals surface area contributed by atoms with Gasteiger partial charge in [-0.15, -0.1) is 10.2 Å². The van der Waals surface area contributed by atoms with Gasteiger partial charge in [0.05, 0.1) is 29.1 Å². The van der Waals surface area contributed by atoms with Gasteiger partial charge >= 0.3 is 0 Å². The first-order valence-corrected chi connectivity index (χ1v) is 10.3.